The zero-order valence-corrected chi connectivity index (χ0v) is 11.9. The van der Waals surface area contributed by atoms with Gasteiger partial charge in [0.2, 0.25) is 0 Å². The summed E-state index contributed by atoms with van der Waals surface area (Å²) in [6.45, 7) is 4.40. The third kappa shape index (κ3) is 3.53. The minimum atomic E-state index is -4.41. The van der Waals surface area contributed by atoms with Crippen molar-refractivity contribution in [3.8, 4) is 5.82 Å². The standard InChI is InChI=1S/C14H17F3N4/c1-3-5-18-11-8-10(14(15,16)17)9-13(20-11)21-7-6-19-12(21)4-2/h6-9H,3-5H2,1-2H3,(H,18,20). The van der Waals surface area contributed by atoms with E-state index in [1.54, 1.807) is 17.0 Å². The van der Waals surface area contributed by atoms with Crippen LogP contribution in [0.25, 0.3) is 5.82 Å². The van der Waals surface area contributed by atoms with E-state index in [4.69, 9.17) is 0 Å². The summed E-state index contributed by atoms with van der Waals surface area (Å²) in [5, 5.41) is 2.90. The molecule has 4 nitrogen and oxygen atoms in total. The van der Waals surface area contributed by atoms with Gasteiger partial charge in [0.05, 0.1) is 5.56 Å². The lowest BCUT2D eigenvalue weighted by atomic mass is 10.2. The normalized spacial score (nSPS) is 11.7. The second-order valence-corrected chi connectivity index (χ2v) is 4.59. The van der Waals surface area contributed by atoms with Gasteiger partial charge in [-0.25, -0.2) is 9.97 Å². The number of aromatic nitrogens is 3. The molecule has 2 aromatic rings. The lowest BCUT2D eigenvalue weighted by Gasteiger charge is -2.14. The van der Waals surface area contributed by atoms with Gasteiger partial charge < -0.3 is 5.32 Å². The smallest absolute Gasteiger partial charge is 0.370 e. The molecule has 0 fully saturated rings. The predicted octanol–water partition coefficient (Wildman–Crippen LogP) is 3.67. The Morgan fingerprint density at radius 3 is 2.62 bits per heavy atom. The Morgan fingerprint density at radius 2 is 2.00 bits per heavy atom. The summed E-state index contributed by atoms with van der Waals surface area (Å²) in [4.78, 5) is 8.36. The predicted molar refractivity (Wildman–Crippen MR) is 74.5 cm³/mol. The van der Waals surface area contributed by atoms with Crippen molar-refractivity contribution in [2.24, 2.45) is 0 Å². The molecule has 21 heavy (non-hydrogen) atoms. The molecular weight excluding hydrogens is 281 g/mol. The number of anilines is 1. The van der Waals surface area contributed by atoms with Crippen molar-refractivity contribution in [3.63, 3.8) is 0 Å². The van der Waals surface area contributed by atoms with E-state index in [1.165, 1.54) is 0 Å². The molecule has 0 aliphatic carbocycles. The Balaban J connectivity index is 2.49. The van der Waals surface area contributed by atoms with Crippen molar-refractivity contribution < 1.29 is 13.2 Å². The van der Waals surface area contributed by atoms with Crippen molar-refractivity contribution in [3.05, 3.63) is 35.9 Å². The number of rotatable bonds is 5. The first-order chi connectivity index (χ1) is 9.95. The molecular formula is C14H17F3N4. The minimum absolute atomic E-state index is 0.220. The molecule has 0 saturated carbocycles. The summed E-state index contributed by atoms with van der Waals surface area (Å²) < 4.78 is 40.6. The van der Waals surface area contributed by atoms with E-state index in [9.17, 15) is 13.2 Å². The lowest BCUT2D eigenvalue weighted by Crippen LogP contribution is -2.12. The molecule has 0 radical (unpaired) electrons. The van der Waals surface area contributed by atoms with Crippen LogP contribution in [0.4, 0.5) is 19.0 Å². The van der Waals surface area contributed by atoms with Crippen LogP contribution in [-0.2, 0) is 12.6 Å². The van der Waals surface area contributed by atoms with Crippen LogP contribution in [0.1, 0.15) is 31.7 Å². The van der Waals surface area contributed by atoms with Gasteiger partial charge in [0.15, 0.2) is 0 Å². The van der Waals surface area contributed by atoms with Crippen LogP contribution in [0, 0.1) is 0 Å². The van der Waals surface area contributed by atoms with Gasteiger partial charge in [0, 0.05) is 25.4 Å². The van der Waals surface area contributed by atoms with Crippen molar-refractivity contribution >= 4 is 5.82 Å². The van der Waals surface area contributed by atoms with Crippen LogP contribution >= 0.6 is 0 Å². The number of aryl methyl sites for hydroxylation is 1. The maximum atomic E-state index is 13.0. The summed E-state index contributed by atoms with van der Waals surface area (Å²) in [6, 6.07) is 2.07. The monoisotopic (exact) mass is 298 g/mol. The van der Waals surface area contributed by atoms with Crippen LogP contribution in [0.3, 0.4) is 0 Å². The molecule has 2 rings (SSSR count). The number of hydrogen-bond acceptors (Lipinski definition) is 3. The average Bonchev–Trinajstić information content (AvgIpc) is 2.92. The molecule has 0 unspecified atom stereocenters. The van der Waals surface area contributed by atoms with Gasteiger partial charge in [-0.15, -0.1) is 0 Å². The molecule has 0 amide bonds. The Labute approximate surface area is 121 Å². The SMILES string of the molecule is CCCNc1cc(C(F)(F)F)cc(-n2ccnc2CC)n1. The Hall–Kier alpha value is -2.05. The number of hydrogen-bond donors (Lipinski definition) is 1. The van der Waals surface area contributed by atoms with E-state index in [0.29, 0.717) is 18.8 Å². The Bertz CT molecular complexity index is 605. The van der Waals surface area contributed by atoms with E-state index in [0.717, 1.165) is 18.6 Å². The van der Waals surface area contributed by atoms with Gasteiger partial charge >= 0.3 is 6.18 Å². The summed E-state index contributed by atoms with van der Waals surface area (Å²) in [5.74, 6) is 1.11. The molecule has 0 saturated heterocycles. The van der Waals surface area contributed by atoms with Crippen molar-refractivity contribution in [1.29, 1.82) is 0 Å². The largest absolute Gasteiger partial charge is 0.416 e. The summed E-state index contributed by atoms with van der Waals surface area (Å²) in [7, 11) is 0. The van der Waals surface area contributed by atoms with Crippen LogP contribution in [-0.4, -0.2) is 21.1 Å². The number of pyridine rings is 1. The van der Waals surface area contributed by atoms with Gasteiger partial charge in [0.25, 0.3) is 0 Å². The molecule has 0 aliphatic heterocycles. The molecule has 0 aromatic carbocycles. The third-order valence-corrected chi connectivity index (χ3v) is 2.98. The molecule has 0 spiro atoms. The second kappa shape index (κ2) is 6.15. The van der Waals surface area contributed by atoms with Gasteiger partial charge in [-0.1, -0.05) is 13.8 Å². The summed E-state index contributed by atoms with van der Waals surface area (Å²) >= 11 is 0. The van der Waals surface area contributed by atoms with Crippen LogP contribution in [0.2, 0.25) is 0 Å². The van der Waals surface area contributed by atoms with E-state index in [1.807, 2.05) is 13.8 Å². The van der Waals surface area contributed by atoms with Crippen LogP contribution < -0.4 is 5.32 Å². The first-order valence-corrected chi connectivity index (χ1v) is 6.81. The minimum Gasteiger partial charge on any atom is -0.370 e. The first kappa shape index (κ1) is 15.3. The zero-order chi connectivity index (χ0) is 15.5. The second-order valence-electron chi connectivity index (χ2n) is 4.59. The molecule has 0 atom stereocenters. The maximum Gasteiger partial charge on any atom is 0.416 e. The third-order valence-electron chi connectivity index (χ3n) is 2.98. The first-order valence-electron chi connectivity index (χ1n) is 6.81. The zero-order valence-electron chi connectivity index (χ0n) is 11.9. The van der Waals surface area contributed by atoms with E-state index in [2.05, 4.69) is 15.3 Å². The van der Waals surface area contributed by atoms with Crippen LogP contribution in [0.15, 0.2) is 24.5 Å². The fourth-order valence-corrected chi connectivity index (χ4v) is 1.95. The van der Waals surface area contributed by atoms with E-state index in [-0.39, 0.29) is 11.6 Å². The van der Waals surface area contributed by atoms with Crippen LogP contribution in [0.5, 0.6) is 0 Å². The highest BCUT2D eigenvalue weighted by atomic mass is 19.4. The average molecular weight is 298 g/mol. The number of halogens is 3. The Kier molecular flexibility index (Phi) is 4.50. The fourth-order valence-electron chi connectivity index (χ4n) is 1.95. The van der Waals surface area contributed by atoms with Crippen molar-refractivity contribution in [2.45, 2.75) is 32.9 Å². The summed E-state index contributed by atoms with van der Waals surface area (Å²) in [5.41, 5.74) is -0.721. The van der Waals surface area contributed by atoms with Gasteiger partial charge in [-0.3, -0.25) is 4.57 Å². The van der Waals surface area contributed by atoms with Gasteiger partial charge in [-0.2, -0.15) is 13.2 Å². The molecule has 7 heteroatoms. The number of alkyl halides is 3. The highest BCUT2D eigenvalue weighted by molar-refractivity contribution is 5.45. The molecule has 0 aliphatic rings. The molecule has 2 aromatic heterocycles. The fraction of sp³-hybridized carbons (Fsp3) is 0.429. The van der Waals surface area contributed by atoms with E-state index >= 15 is 0 Å². The number of nitrogens with one attached hydrogen (secondary N) is 1. The van der Waals surface area contributed by atoms with Gasteiger partial charge in [0.1, 0.15) is 17.5 Å². The number of nitrogens with zero attached hydrogens (tertiary/aromatic N) is 3. The van der Waals surface area contributed by atoms with Crippen molar-refractivity contribution in [1.82, 2.24) is 14.5 Å². The molecule has 114 valence electrons. The molecule has 2 heterocycles. The molecule has 1 N–H and O–H groups in total. The van der Waals surface area contributed by atoms with Crippen molar-refractivity contribution in [2.75, 3.05) is 11.9 Å². The summed E-state index contributed by atoms with van der Waals surface area (Å²) in [6.07, 6.45) is 0.180. The quantitative estimate of drug-likeness (QED) is 0.916. The topological polar surface area (TPSA) is 42.7 Å². The highest BCUT2D eigenvalue weighted by Gasteiger charge is 2.32. The van der Waals surface area contributed by atoms with Gasteiger partial charge in [-0.05, 0) is 18.6 Å². The van der Waals surface area contributed by atoms with E-state index < -0.39 is 11.7 Å². The Morgan fingerprint density at radius 1 is 1.24 bits per heavy atom. The number of imidazole rings is 1. The molecule has 0 bridgehead atoms. The highest BCUT2D eigenvalue weighted by Crippen LogP contribution is 2.31. The lowest BCUT2D eigenvalue weighted by molar-refractivity contribution is -0.137. The maximum absolute atomic E-state index is 13.0.